The fraction of sp³-hybridized carbons (Fsp3) is 0. The van der Waals surface area contributed by atoms with Crippen LogP contribution in [0.3, 0.4) is 0 Å². The van der Waals surface area contributed by atoms with Gasteiger partial charge in [-0.3, -0.25) is 0 Å². The van der Waals surface area contributed by atoms with Gasteiger partial charge in [0, 0.05) is 38.0 Å². The van der Waals surface area contributed by atoms with Crippen LogP contribution in [0.15, 0.2) is 117 Å². The summed E-state index contributed by atoms with van der Waals surface area (Å²) < 4.78 is 14.0. The number of para-hydroxylation sites is 3. The van der Waals surface area contributed by atoms with Crippen molar-refractivity contribution in [3.05, 3.63) is 114 Å². The lowest BCUT2D eigenvalue weighted by Crippen LogP contribution is -2.03. The Hall–Kier alpha value is -4.83. The van der Waals surface area contributed by atoms with Crippen molar-refractivity contribution in [3.8, 4) is 5.69 Å². The Morgan fingerprint density at radius 3 is 1.97 bits per heavy atom. The third kappa shape index (κ3) is 2.43. The normalized spacial score (nSPS) is 12.1. The molecule has 0 aliphatic rings. The maximum atomic E-state index is 13.4. The molecular weight excluding hydrogens is 434 g/mol. The SMILES string of the molecule is O=c1oc2ccccc2c2ccc3c4ccccc4n(-c4ccc5oc6ccccc6c5c4)c3c12. The Kier molecular flexibility index (Phi) is 3.51. The lowest BCUT2D eigenvalue weighted by Gasteiger charge is -2.10. The van der Waals surface area contributed by atoms with Crippen molar-refractivity contribution in [1.82, 2.24) is 4.57 Å². The molecule has 4 heteroatoms. The minimum Gasteiger partial charge on any atom is -0.456 e. The van der Waals surface area contributed by atoms with E-state index in [9.17, 15) is 4.79 Å². The number of aromatic nitrogens is 1. The third-order valence-electron chi connectivity index (χ3n) is 7.04. The van der Waals surface area contributed by atoms with Gasteiger partial charge in [0.1, 0.15) is 16.7 Å². The highest BCUT2D eigenvalue weighted by atomic mass is 16.4. The first kappa shape index (κ1) is 18.6. The molecule has 35 heavy (non-hydrogen) atoms. The molecule has 0 aliphatic carbocycles. The second kappa shape index (κ2) is 6.61. The van der Waals surface area contributed by atoms with Crippen molar-refractivity contribution in [3.63, 3.8) is 0 Å². The Morgan fingerprint density at radius 1 is 0.514 bits per heavy atom. The topological polar surface area (TPSA) is 48.3 Å². The summed E-state index contributed by atoms with van der Waals surface area (Å²) in [4.78, 5) is 13.4. The molecule has 164 valence electrons. The summed E-state index contributed by atoms with van der Waals surface area (Å²) in [6, 6.07) is 34.4. The highest BCUT2D eigenvalue weighted by molar-refractivity contribution is 6.22. The van der Waals surface area contributed by atoms with Crippen molar-refractivity contribution in [2.24, 2.45) is 0 Å². The molecule has 0 bridgehead atoms. The first-order chi connectivity index (χ1) is 17.3. The zero-order chi connectivity index (χ0) is 23.1. The van der Waals surface area contributed by atoms with Gasteiger partial charge in [0.25, 0.3) is 0 Å². The molecule has 0 atom stereocenters. The van der Waals surface area contributed by atoms with Crippen LogP contribution in [0.5, 0.6) is 0 Å². The molecular formula is C31H17NO3. The first-order valence-corrected chi connectivity index (χ1v) is 11.6. The number of fused-ring (bicyclic) bond motifs is 10. The fourth-order valence-corrected chi connectivity index (χ4v) is 5.54. The van der Waals surface area contributed by atoms with Gasteiger partial charge in [-0.2, -0.15) is 0 Å². The zero-order valence-electron chi connectivity index (χ0n) is 18.5. The molecule has 5 aromatic carbocycles. The molecule has 8 aromatic rings. The lowest BCUT2D eigenvalue weighted by atomic mass is 10.0. The summed E-state index contributed by atoms with van der Waals surface area (Å²) >= 11 is 0. The molecule has 0 radical (unpaired) electrons. The minimum absolute atomic E-state index is 0.330. The molecule has 3 heterocycles. The van der Waals surface area contributed by atoms with Gasteiger partial charge < -0.3 is 13.4 Å². The van der Waals surface area contributed by atoms with Gasteiger partial charge in [0.15, 0.2) is 0 Å². The fourth-order valence-electron chi connectivity index (χ4n) is 5.54. The molecule has 0 amide bonds. The van der Waals surface area contributed by atoms with E-state index in [2.05, 4.69) is 41.0 Å². The van der Waals surface area contributed by atoms with Gasteiger partial charge in [-0.15, -0.1) is 0 Å². The average Bonchev–Trinajstić information content (AvgIpc) is 3.44. The van der Waals surface area contributed by atoms with E-state index in [1.54, 1.807) is 0 Å². The van der Waals surface area contributed by atoms with Gasteiger partial charge in [-0.05, 0) is 36.4 Å². The van der Waals surface area contributed by atoms with E-state index in [0.29, 0.717) is 11.0 Å². The quantitative estimate of drug-likeness (QED) is 0.188. The summed E-state index contributed by atoms with van der Waals surface area (Å²) in [5.41, 5.74) is 4.83. The Labute approximate surface area is 198 Å². The van der Waals surface area contributed by atoms with Crippen LogP contribution in [0.2, 0.25) is 0 Å². The largest absolute Gasteiger partial charge is 0.456 e. The predicted octanol–water partition coefficient (Wildman–Crippen LogP) is 7.94. The van der Waals surface area contributed by atoms with E-state index in [1.165, 1.54) is 0 Å². The van der Waals surface area contributed by atoms with Crippen molar-refractivity contribution >= 4 is 65.5 Å². The molecule has 0 saturated carbocycles. The molecule has 3 aromatic heterocycles. The monoisotopic (exact) mass is 451 g/mol. The molecule has 8 rings (SSSR count). The van der Waals surface area contributed by atoms with Gasteiger partial charge in [-0.25, -0.2) is 4.79 Å². The van der Waals surface area contributed by atoms with E-state index in [1.807, 2.05) is 66.7 Å². The van der Waals surface area contributed by atoms with Crippen LogP contribution in [0.4, 0.5) is 0 Å². The Balaban J connectivity index is 1.60. The van der Waals surface area contributed by atoms with Crippen LogP contribution in [0.25, 0.3) is 71.2 Å². The van der Waals surface area contributed by atoms with Crippen LogP contribution >= 0.6 is 0 Å². The molecule has 0 fully saturated rings. The van der Waals surface area contributed by atoms with Crippen LogP contribution < -0.4 is 5.63 Å². The Bertz CT molecular complexity index is 2190. The van der Waals surface area contributed by atoms with E-state index in [4.69, 9.17) is 8.83 Å². The van der Waals surface area contributed by atoms with Crippen LogP contribution in [0, 0.1) is 0 Å². The van der Waals surface area contributed by atoms with Gasteiger partial charge >= 0.3 is 5.63 Å². The van der Waals surface area contributed by atoms with Crippen molar-refractivity contribution in [2.45, 2.75) is 0 Å². The van der Waals surface area contributed by atoms with Crippen LogP contribution in [-0.4, -0.2) is 4.57 Å². The second-order valence-electron chi connectivity index (χ2n) is 8.90. The smallest absolute Gasteiger partial charge is 0.346 e. The maximum Gasteiger partial charge on any atom is 0.346 e. The third-order valence-corrected chi connectivity index (χ3v) is 7.04. The van der Waals surface area contributed by atoms with Crippen LogP contribution in [0.1, 0.15) is 0 Å². The highest BCUT2D eigenvalue weighted by Crippen LogP contribution is 2.38. The van der Waals surface area contributed by atoms with E-state index < -0.39 is 0 Å². The van der Waals surface area contributed by atoms with Crippen LogP contribution in [-0.2, 0) is 0 Å². The average molecular weight is 451 g/mol. The number of nitrogens with zero attached hydrogens (tertiary/aromatic N) is 1. The van der Waals surface area contributed by atoms with Crippen molar-refractivity contribution in [2.75, 3.05) is 0 Å². The lowest BCUT2D eigenvalue weighted by molar-refractivity contribution is 0.570. The van der Waals surface area contributed by atoms with Gasteiger partial charge in [0.2, 0.25) is 0 Å². The molecule has 0 saturated heterocycles. The van der Waals surface area contributed by atoms with E-state index >= 15 is 0 Å². The summed E-state index contributed by atoms with van der Waals surface area (Å²) in [7, 11) is 0. The minimum atomic E-state index is -0.330. The van der Waals surface area contributed by atoms with E-state index in [-0.39, 0.29) is 5.63 Å². The second-order valence-corrected chi connectivity index (χ2v) is 8.90. The number of hydrogen-bond donors (Lipinski definition) is 0. The maximum absolute atomic E-state index is 13.4. The summed E-state index contributed by atoms with van der Waals surface area (Å²) in [6.45, 7) is 0. The van der Waals surface area contributed by atoms with E-state index in [0.717, 1.165) is 60.2 Å². The number of hydrogen-bond acceptors (Lipinski definition) is 3. The predicted molar refractivity (Wildman–Crippen MR) is 142 cm³/mol. The van der Waals surface area contributed by atoms with Crippen molar-refractivity contribution < 1.29 is 8.83 Å². The summed E-state index contributed by atoms with van der Waals surface area (Å²) in [5.74, 6) is 0. The Morgan fingerprint density at radius 2 is 1.14 bits per heavy atom. The van der Waals surface area contributed by atoms with Gasteiger partial charge in [0.05, 0.1) is 16.4 Å². The van der Waals surface area contributed by atoms with Crippen molar-refractivity contribution in [1.29, 1.82) is 0 Å². The highest BCUT2D eigenvalue weighted by Gasteiger charge is 2.19. The molecule has 0 N–H and O–H groups in total. The number of rotatable bonds is 1. The molecule has 0 unspecified atom stereocenters. The standard InChI is InChI=1S/C31H17NO3/c33-31-29-22(20-8-2-6-12-27(20)35-31)14-15-23-19-7-1-4-10-25(19)32(30(23)29)18-13-16-28-24(17-18)21-9-3-5-11-26(21)34-28/h1-17H. The molecule has 4 nitrogen and oxygen atoms in total. The molecule has 0 aliphatic heterocycles. The number of furan rings is 1. The zero-order valence-corrected chi connectivity index (χ0v) is 18.5. The molecule has 0 spiro atoms. The van der Waals surface area contributed by atoms with Gasteiger partial charge in [-0.1, -0.05) is 66.7 Å². The summed E-state index contributed by atoms with van der Waals surface area (Å²) in [6.07, 6.45) is 0. The summed E-state index contributed by atoms with van der Waals surface area (Å²) in [5, 5.41) is 6.64. The first-order valence-electron chi connectivity index (χ1n) is 11.6. The number of benzene rings is 5.